The molecule has 0 saturated carbocycles. The molecule has 1 aliphatic carbocycles. The number of hydrogen-bond donors (Lipinski definition) is 0. The second-order valence-corrected chi connectivity index (χ2v) is 6.67. The maximum absolute atomic E-state index is 12.8. The molecule has 140 valence electrons. The standard InChI is InChI=1S/C23H19NO4/c1-3-28-21(25)13-24-14(2)18(15-8-6-7-11-20(15)24)12-19-22(26)16-9-4-5-10-17(16)23(19)27/h4-12H,3,13H2,1-2H3. The first-order chi connectivity index (χ1) is 13.5. The molecule has 0 fully saturated rings. The Balaban J connectivity index is 1.86. The lowest BCUT2D eigenvalue weighted by atomic mass is 10.0. The summed E-state index contributed by atoms with van der Waals surface area (Å²) in [6, 6.07) is 14.5. The number of aromatic nitrogens is 1. The van der Waals surface area contributed by atoms with E-state index in [9.17, 15) is 14.4 Å². The molecule has 0 amide bonds. The number of ether oxygens (including phenoxy) is 1. The van der Waals surface area contributed by atoms with E-state index in [-0.39, 0.29) is 29.7 Å². The van der Waals surface area contributed by atoms with Crippen molar-refractivity contribution in [1.82, 2.24) is 4.57 Å². The van der Waals surface area contributed by atoms with E-state index in [0.29, 0.717) is 17.7 Å². The van der Waals surface area contributed by atoms with Gasteiger partial charge in [0.05, 0.1) is 12.2 Å². The van der Waals surface area contributed by atoms with E-state index in [1.54, 1.807) is 37.3 Å². The summed E-state index contributed by atoms with van der Waals surface area (Å²) >= 11 is 0. The fraction of sp³-hybridized carbons (Fsp3) is 0.174. The van der Waals surface area contributed by atoms with Crippen molar-refractivity contribution in [2.24, 2.45) is 0 Å². The molecular weight excluding hydrogens is 354 g/mol. The van der Waals surface area contributed by atoms with Crippen molar-refractivity contribution in [3.63, 3.8) is 0 Å². The number of para-hydroxylation sites is 1. The molecule has 0 bridgehead atoms. The summed E-state index contributed by atoms with van der Waals surface area (Å²) in [6.45, 7) is 4.03. The minimum Gasteiger partial charge on any atom is -0.465 e. The molecule has 5 heteroatoms. The van der Waals surface area contributed by atoms with Gasteiger partial charge in [-0.25, -0.2) is 0 Å². The molecule has 0 spiro atoms. The molecule has 1 aliphatic rings. The van der Waals surface area contributed by atoms with Gasteiger partial charge in [-0.15, -0.1) is 0 Å². The van der Waals surface area contributed by atoms with Crippen LogP contribution in [0.15, 0.2) is 54.1 Å². The summed E-state index contributed by atoms with van der Waals surface area (Å²) in [5.41, 5.74) is 3.46. The lowest BCUT2D eigenvalue weighted by Gasteiger charge is -2.07. The summed E-state index contributed by atoms with van der Waals surface area (Å²) in [6.07, 6.45) is 1.66. The van der Waals surface area contributed by atoms with E-state index in [1.807, 2.05) is 35.8 Å². The molecule has 4 rings (SSSR count). The van der Waals surface area contributed by atoms with Gasteiger partial charge in [-0.1, -0.05) is 42.5 Å². The van der Waals surface area contributed by atoms with Crippen molar-refractivity contribution in [2.75, 3.05) is 6.61 Å². The molecular formula is C23H19NO4. The van der Waals surface area contributed by atoms with Crippen LogP contribution in [-0.2, 0) is 16.1 Å². The van der Waals surface area contributed by atoms with Gasteiger partial charge in [0.25, 0.3) is 0 Å². The minimum atomic E-state index is -0.328. The number of Topliss-reactive ketones (excluding diaryl/α,β-unsaturated/α-hetero) is 2. The minimum absolute atomic E-state index is 0.0749. The molecule has 0 unspecified atom stereocenters. The molecule has 2 aromatic carbocycles. The summed E-state index contributed by atoms with van der Waals surface area (Å²) in [5.74, 6) is -0.851. The molecule has 1 heterocycles. The van der Waals surface area contributed by atoms with Crippen molar-refractivity contribution < 1.29 is 19.1 Å². The highest BCUT2D eigenvalue weighted by Gasteiger charge is 2.33. The Labute approximate surface area is 162 Å². The molecule has 0 atom stereocenters. The van der Waals surface area contributed by atoms with Gasteiger partial charge in [-0.2, -0.15) is 0 Å². The Morgan fingerprint density at radius 3 is 2.25 bits per heavy atom. The van der Waals surface area contributed by atoms with Crippen LogP contribution in [0.1, 0.15) is 38.9 Å². The number of hydrogen-bond acceptors (Lipinski definition) is 4. The van der Waals surface area contributed by atoms with E-state index in [2.05, 4.69) is 0 Å². The van der Waals surface area contributed by atoms with Crippen LogP contribution in [0, 0.1) is 6.92 Å². The van der Waals surface area contributed by atoms with Gasteiger partial charge in [0.1, 0.15) is 6.54 Å². The molecule has 1 aromatic heterocycles. The monoisotopic (exact) mass is 373 g/mol. The fourth-order valence-electron chi connectivity index (χ4n) is 3.73. The Morgan fingerprint density at radius 2 is 1.61 bits per heavy atom. The van der Waals surface area contributed by atoms with Crippen LogP contribution < -0.4 is 0 Å². The molecule has 28 heavy (non-hydrogen) atoms. The first-order valence-electron chi connectivity index (χ1n) is 9.16. The lowest BCUT2D eigenvalue weighted by molar-refractivity contribution is -0.143. The van der Waals surface area contributed by atoms with Gasteiger partial charge >= 0.3 is 5.97 Å². The topological polar surface area (TPSA) is 65.4 Å². The van der Waals surface area contributed by atoms with Crippen LogP contribution in [-0.4, -0.2) is 28.7 Å². The Morgan fingerprint density at radius 1 is 1.00 bits per heavy atom. The van der Waals surface area contributed by atoms with Gasteiger partial charge in [0.15, 0.2) is 11.6 Å². The van der Waals surface area contributed by atoms with E-state index in [1.165, 1.54) is 0 Å². The van der Waals surface area contributed by atoms with Gasteiger partial charge in [0, 0.05) is 33.3 Å². The van der Waals surface area contributed by atoms with Crippen LogP contribution >= 0.6 is 0 Å². The van der Waals surface area contributed by atoms with Crippen molar-refractivity contribution >= 4 is 34.5 Å². The van der Waals surface area contributed by atoms with Gasteiger partial charge < -0.3 is 9.30 Å². The van der Waals surface area contributed by atoms with Crippen LogP contribution in [0.2, 0.25) is 0 Å². The van der Waals surface area contributed by atoms with Crippen LogP contribution in [0.3, 0.4) is 0 Å². The number of fused-ring (bicyclic) bond motifs is 2. The average molecular weight is 373 g/mol. The first kappa shape index (κ1) is 17.9. The van der Waals surface area contributed by atoms with Crippen molar-refractivity contribution in [2.45, 2.75) is 20.4 Å². The second-order valence-electron chi connectivity index (χ2n) is 6.67. The summed E-state index contributed by atoms with van der Waals surface area (Å²) in [4.78, 5) is 37.6. The highest BCUT2D eigenvalue weighted by molar-refractivity contribution is 6.41. The van der Waals surface area contributed by atoms with Gasteiger partial charge in [-0.3, -0.25) is 14.4 Å². The maximum Gasteiger partial charge on any atom is 0.325 e. The summed E-state index contributed by atoms with van der Waals surface area (Å²) in [5, 5.41) is 0.883. The zero-order valence-corrected chi connectivity index (χ0v) is 15.7. The Hall–Kier alpha value is -3.47. The first-order valence-corrected chi connectivity index (χ1v) is 9.16. The molecule has 0 radical (unpaired) electrons. The fourth-order valence-corrected chi connectivity index (χ4v) is 3.73. The zero-order chi connectivity index (χ0) is 19.8. The third kappa shape index (κ3) is 2.76. The van der Waals surface area contributed by atoms with Crippen LogP contribution in [0.25, 0.3) is 17.0 Å². The van der Waals surface area contributed by atoms with Crippen LogP contribution in [0.5, 0.6) is 0 Å². The predicted molar refractivity (Wildman–Crippen MR) is 106 cm³/mol. The quantitative estimate of drug-likeness (QED) is 0.394. The zero-order valence-electron chi connectivity index (χ0n) is 15.7. The number of rotatable bonds is 4. The second kappa shape index (κ2) is 6.93. The number of carbonyl (C=O) groups is 3. The number of nitrogens with zero attached hydrogens (tertiary/aromatic N) is 1. The highest BCUT2D eigenvalue weighted by atomic mass is 16.5. The smallest absolute Gasteiger partial charge is 0.325 e. The van der Waals surface area contributed by atoms with E-state index in [0.717, 1.165) is 22.2 Å². The van der Waals surface area contributed by atoms with Crippen molar-refractivity contribution in [1.29, 1.82) is 0 Å². The summed E-state index contributed by atoms with van der Waals surface area (Å²) < 4.78 is 6.94. The van der Waals surface area contributed by atoms with Gasteiger partial charge in [0.2, 0.25) is 0 Å². The summed E-state index contributed by atoms with van der Waals surface area (Å²) in [7, 11) is 0. The third-order valence-electron chi connectivity index (χ3n) is 5.07. The molecule has 0 N–H and O–H groups in total. The molecule has 5 nitrogen and oxygen atoms in total. The van der Waals surface area contributed by atoms with Gasteiger partial charge in [-0.05, 0) is 26.0 Å². The van der Waals surface area contributed by atoms with E-state index >= 15 is 0 Å². The molecule has 3 aromatic rings. The number of allylic oxidation sites excluding steroid dienone is 1. The molecule has 0 aliphatic heterocycles. The number of carbonyl (C=O) groups excluding carboxylic acids is 3. The normalized spacial score (nSPS) is 13.1. The van der Waals surface area contributed by atoms with Crippen LogP contribution in [0.4, 0.5) is 0 Å². The number of esters is 1. The lowest BCUT2D eigenvalue weighted by Crippen LogP contribution is -2.14. The average Bonchev–Trinajstić information content (AvgIpc) is 3.10. The number of benzene rings is 2. The highest BCUT2D eigenvalue weighted by Crippen LogP contribution is 2.32. The predicted octanol–water partition coefficient (Wildman–Crippen LogP) is 3.98. The maximum atomic E-state index is 12.8. The van der Waals surface area contributed by atoms with Crippen molar-refractivity contribution in [3.05, 3.63) is 76.5 Å². The SMILES string of the molecule is CCOC(=O)Cn1c(C)c(C=C2C(=O)c3ccccc3C2=O)c2ccccc21. The van der Waals surface area contributed by atoms with E-state index in [4.69, 9.17) is 4.74 Å². The van der Waals surface area contributed by atoms with Crippen molar-refractivity contribution in [3.8, 4) is 0 Å². The Kier molecular flexibility index (Phi) is 4.43. The van der Waals surface area contributed by atoms with E-state index < -0.39 is 0 Å². The third-order valence-corrected chi connectivity index (χ3v) is 5.07. The largest absolute Gasteiger partial charge is 0.465 e. The molecule has 0 saturated heterocycles. The number of ketones is 2. The Bertz CT molecular complexity index is 1130.